The Balaban J connectivity index is 2.76. The molecule has 4 heteroatoms. The number of phenols is 1. The SMILES string of the molecule is CCCCc1ccc(O)cc1CNC(C)(O)O. The van der Waals surface area contributed by atoms with Crippen LogP contribution in [0.4, 0.5) is 0 Å². The minimum atomic E-state index is -1.90. The van der Waals surface area contributed by atoms with Crippen LogP contribution in [0.25, 0.3) is 0 Å². The van der Waals surface area contributed by atoms with Crippen LogP contribution in [0.1, 0.15) is 37.8 Å². The summed E-state index contributed by atoms with van der Waals surface area (Å²) in [6, 6.07) is 5.20. The summed E-state index contributed by atoms with van der Waals surface area (Å²) in [5.41, 5.74) is 2.02. The normalized spacial score (nSPS) is 11.8. The van der Waals surface area contributed by atoms with Gasteiger partial charge in [0.05, 0.1) is 0 Å². The van der Waals surface area contributed by atoms with Gasteiger partial charge in [-0.3, -0.25) is 5.32 Å². The summed E-state index contributed by atoms with van der Waals surface area (Å²) in [5.74, 6) is -1.70. The maximum absolute atomic E-state index is 9.44. The second kappa shape index (κ2) is 6.00. The molecule has 0 atom stereocenters. The highest BCUT2D eigenvalue weighted by atomic mass is 16.5. The van der Waals surface area contributed by atoms with Crippen molar-refractivity contribution in [2.75, 3.05) is 0 Å². The number of hydrogen-bond donors (Lipinski definition) is 4. The Morgan fingerprint density at radius 2 is 1.94 bits per heavy atom. The van der Waals surface area contributed by atoms with Crippen LogP contribution < -0.4 is 5.32 Å². The highest BCUT2D eigenvalue weighted by Gasteiger charge is 2.14. The predicted octanol–water partition coefficient (Wildman–Crippen LogP) is 1.48. The molecule has 4 N–H and O–H groups in total. The van der Waals surface area contributed by atoms with Crippen molar-refractivity contribution in [1.82, 2.24) is 5.32 Å². The smallest absolute Gasteiger partial charge is 0.219 e. The van der Waals surface area contributed by atoms with Gasteiger partial charge in [-0.15, -0.1) is 0 Å². The third-order valence-corrected chi connectivity index (χ3v) is 2.60. The molecule has 4 nitrogen and oxygen atoms in total. The van der Waals surface area contributed by atoms with E-state index in [1.165, 1.54) is 6.92 Å². The van der Waals surface area contributed by atoms with Gasteiger partial charge in [0.2, 0.25) is 5.91 Å². The number of aromatic hydroxyl groups is 1. The number of hydrogen-bond acceptors (Lipinski definition) is 4. The zero-order chi connectivity index (χ0) is 12.9. The fraction of sp³-hybridized carbons (Fsp3) is 0.538. The molecular formula is C13H21NO3. The summed E-state index contributed by atoms with van der Waals surface area (Å²) in [6.45, 7) is 3.70. The summed E-state index contributed by atoms with van der Waals surface area (Å²) in [4.78, 5) is 0. The van der Waals surface area contributed by atoms with Gasteiger partial charge in [-0.25, -0.2) is 0 Å². The molecule has 0 heterocycles. The first-order valence-corrected chi connectivity index (χ1v) is 5.93. The molecule has 0 aliphatic rings. The molecule has 0 bridgehead atoms. The van der Waals surface area contributed by atoms with E-state index in [1.54, 1.807) is 12.1 Å². The van der Waals surface area contributed by atoms with Gasteiger partial charge >= 0.3 is 0 Å². The minimum absolute atomic E-state index is 0.194. The average Bonchev–Trinajstić information content (AvgIpc) is 2.24. The van der Waals surface area contributed by atoms with E-state index >= 15 is 0 Å². The molecule has 0 amide bonds. The first kappa shape index (κ1) is 14.0. The van der Waals surface area contributed by atoms with Gasteiger partial charge in [-0.05, 0) is 36.1 Å². The monoisotopic (exact) mass is 239 g/mol. The van der Waals surface area contributed by atoms with E-state index in [0.717, 1.165) is 30.4 Å². The molecule has 0 aromatic heterocycles. The molecule has 0 spiro atoms. The lowest BCUT2D eigenvalue weighted by atomic mass is 10.0. The van der Waals surface area contributed by atoms with Crippen LogP contribution in [0, 0.1) is 0 Å². The number of rotatable bonds is 6. The highest BCUT2D eigenvalue weighted by Crippen LogP contribution is 2.19. The third-order valence-electron chi connectivity index (χ3n) is 2.60. The fourth-order valence-electron chi connectivity index (χ4n) is 1.65. The lowest BCUT2D eigenvalue weighted by Crippen LogP contribution is -2.41. The fourth-order valence-corrected chi connectivity index (χ4v) is 1.65. The number of phenolic OH excluding ortho intramolecular Hbond substituents is 1. The quantitative estimate of drug-likeness (QED) is 0.567. The molecule has 0 saturated carbocycles. The largest absolute Gasteiger partial charge is 0.508 e. The summed E-state index contributed by atoms with van der Waals surface area (Å²) in [5, 5.41) is 30.4. The zero-order valence-corrected chi connectivity index (χ0v) is 10.4. The summed E-state index contributed by atoms with van der Waals surface area (Å²) < 4.78 is 0. The van der Waals surface area contributed by atoms with E-state index < -0.39 is 5.91 Å². The van der Waals surface area contributed by atoms with Crippen molar-refractivity contribution in [2.45, 2.75) is 45.6 Å². The van der Waals surface area contributed by atoms with Crippen molar-refractivity contribution in [1.29, 1.82) is 0 Å². The third kappa shape index (κ3) is 5.17. The van der Waals surface area contributed by atoms with Gasteiger partial charge in [0.25, 0.3) is 0 Å². The molecular weight excluding hydrogens is 218 g/mol. The molecule has 1 rings (SSSR count). The van der Waals surface area contributed by atoms with Crippen LogP contribution in [0.15, 0.2) is 18.2 Å². The van der Waals surface area contributed by atoms with Crippen LogP contribution in [-0.4, -0.2) is 21.2 Å². The average molecular weight is 239 g/mol. The molecule has 0 fully saturated rings. The van der Waals surface area contributed by atoms with E-state index in [9.17, 15) is 15.3 Å². The number of benzene rings is 1. The summed E-state index contributed by atoms with van der Waals surface area (Å²) in [6.07, 6.45) is 3.11. The second-order valence-electron chi connectivity index (χ2n) is 4.43. The molecule has 0 aliphatic heterocycles. The van der Waals surface area contributed by atoms with Gasteiger partial charge < -0.3 is 15.3 Å². The lowest BCUT2D eigenvalue weighted by molar-refractivity contribution is -0.170. The van der Waals surface area contributed by atoms with E-state index in [1.807, 2.05) is 6.07 Å². The van der Waals surface area contributed by atoms with E-state index in [2.05, 4.69) is 12.2 Å². The number of aliphatic hydroxyl groups is 2. The minimum Gasteiger partial charge on any atom is -0.508 e. The maximum Gasteiger partial charge on any atom is 0.219 e. The first-order chi connectivity index (χ1) is 7.92. The van der Waals surface area contributed by atoms with E-state index in [4.69, 9.17) is 0 Å². The van der Waals surface area contributed by atoms with Crippen molar-refractivity contribution in [3.63, 3.8) is 0 Å². The molecule has 1 aromatic carbocycles. The Morgan fingerprint density at radius 1 is 1.24 bits per heavy atom. The topological polar surface area (TPSA) is 72.7 Å². The molecule has 0 radical (unpaired) electrons. The zero-order valence-electron chi connectivity index (χ0n) is 10.4. The Bertz CT molecular complexity index is 358. The first-order valence-electron chi connectivity index (χ1n) is 5.93. The molecule has 0 saturated heterocycles. The van der Waals surface area contributed by atoms with Gasteiger partial charge in [-0.1, -0.05) is 19.4 Å². The standard InChI is InChI=1S/C13H21NO3/c1-3-4-5-10-6-7-12(15)8-11(10)9-14-13(2,16)17/h6-8,14-17H,3-5,9H2,1-2H3. The van der Waals surface area contributed by atoms with Crippen molar-refractivity contribution >= 4 is 0 Å². The predicted molar refractivity (Wildman–Crippen MR) is 66.4 cm³/mol. The lowest BCUT2D eigenvalue weighted by Gasteiger charge is -2.19. The van der Waals surface area contributed by atoms with Crippen molar-refractivity contribution in [3.8, 4) is 5.75 Å². The molecule has 1 aromatic rings. The van der Waals surface area contributed by atoms with Gasteiger partial charge in [0, 0.05) is 13.5 Å². The van der Waals surface area contributed by atoms with Crippen LogP contribution in [0.2, 0.25) is 0 Å². The number of aryl methyl sites for hydroxylation is 1. The van der Waals surface area contributed by atoms with E-state index in [0.29, 0.717) is 6.54 Å². The van der Waals surface area contributed by atoms with Crippen LogP contribution in [-0.2, 0) is 13.0 Å². The summed E-state index contributed by atoms with van der Waals surface area (Å²) in [7, 11) is 0. The van der Waals surface area contributed by atoms with Crippen molar-refractivity contribution < 1.29 is 15.3 Å². The molecule has 17 heavy (non-hydrogen) atoms. The summed E-state index contributed by atoms with van der Waals surface area (Å²) >= 11 is 0. The Hall–Kier alpha value is -1.10. The van der Waals surface area contributed by atoms with Gasteiger partial charge in [-0.2, -0.15) is 0 Å². The highest BCUT2D eigenvalue weighted by molar-refractivity contribution is 5.35. The van der Waals surface area contributed by atoms with Crippen molar-refractivity contribution in [2.24, 2.45) is 0 Å². The Kier molecular flexibility index (Phi) is 4.93. The Labute approximate surface area is 102 Å². The second-order valence-corrected chi connectivity index (χ2v) is 4.43. The molecule has 96 valence electrons. The van der Waals surface area contributed by atoms with Gasteiger partial charge in [0.15, 0.2) is 0 Å². The van der Waals surface area contributed by atoms with Crippen LogP contribution in [0.3, 0.4) is 0 Å². The van der Waals surface area contributed by atoms with Crippen LogP contribution >= 0.6 is 0 Å². The van der Waals surface area contributed by atoms with Gasteiger partial charge in [0.1, 0.15) is 5.75 Å². The number of nitrogens with one attached hydrogen (secondary N) is 1. The van der Waals surface area contributed by atoms with E-state index in [-0.39, 0.29) is 5.75 Å². The maximum atomic E-state index is 9.44. The number of unbranched alkanes of at least 4 members (excludes halogenated alkanes) is 1. The molecule has 0 aliphatic carbocycles. The molecule has 0 unspecified atom stereocenters. The van der Waals surface area contributed by atoms with Crippen LogP contribution in [0.5, 0.6) is 5.75 Å². The van der Waals surface area contributed by atoms with Crippen molar-refractivity contribution in [3.05, 3.63) is 29.3 Å². The Morgan fingerprint density at radius 3 is 2.53 bits per heavy atom.